The third-order valence-electron chi connectivity index (χ3n) is 4.03. The molecular formula is C16H20N2O4S. The van der Waals surface area contributed by atoms with Crippen molar-refractivity contribution in [2.45, 2.75) is 30.2 Å². The lowest BCUT2D eigenvalue weighted by Gasteiger charge is -2.33. The molecule has 2 amide bonds. The third kappa shape index (κ3) is 3.72. The standard InChI is InChI=1S/C16H20N2O4S/c17-16(20)12-3-1-2-6-18(12)15(19)10-23-11-4-5-13-14(9-11)22-8-7-21-13/h4-5,9,12H,1-3,6-8,10H2,(H2,17,20)/t12-/m1/s1. The Kier molecular flexibility index (Phi) is 4.95. The largest absolute Gasteiger partial charge is 0.486 e. The number of primary amides is 1. The first-order chi connectivity index (χ1) is 11.1. The van der Waals surface area contributed by atoms with E-state index >= 15 is 0 Å². The van der Waals surface area contributed by atoms with E-state index in [1.54, 1.807) is 4.90 Å². The molecule has 0 radical (unpaired) electrons. The summed E-state index contributed by atoms with van der Waals surface area (Å²) < 4.78 is 11.0. The maximum Gasteiger partial charge on any atom is 0.240 e. The van der Waals surface area contributed by atoms with Crippen LogP contribution in [0.4, 0.5) is 0 Å². The predicted octanol–water partition coefficient (Wildman–Crippen LogP) is 1.42. The number of hydrogen-bond donors (Lipinski definition) is 1. The first kappa shape index (κ1) is 16.0. The van der Waals surface area contributed by atoms with Crippen molar-refractivity contribution in [1.82, 2.24) is 4.90 Å². The number of hydrogen-bond acceptors (Lipinski definition) is 5. The van der Waals surface area contributed by atoms with Crippen LogP contribution in [-0.4, -0.2) is 48.3 Å². The molecule has 0 unspecified atom stereocenters. The van der Waals surface area contributed by atoms with Gasteiger partial charge in [-0.1, -0.05) is 0 Å². The summed E-state index contributed by atoms with van der Waals surface area (Å²) in [5.74, 6) is 1.26. The number of carbonyl (C=O) groups is 2. The van der Waals surface area contributed by atoms with Crippen LogP contribution in [-0.2, 0) is 9.59 Å². The van der Waals surface area contributed by atoms with Gasteiger partial charge in [0.2, 0.25) is 11.8 Å². The summed E-state index contributed by atoms with van der Waals surface area (Å²) >= 11 is 1.43. The number of likely N-dealkylation sites (tertiary alicyclic amines) is 1. The van der Waals surface area contributed by atoms with Gasteiger partial charge in [-0.2, -0.15) is 0 Å². The smallest absolute Gasteiger partial charge is 0.240 e. The summed E-state index contributed by atoms with van der Waals surface area (Å²) in [6.07, 6.45) is 2.52. The zero-order chi connectivity index (χ0) is 16.2. The van der Waals surface area contributed by atoms with E-state index in [1.807, 2.05) is 18.2 Å². The molecule has 1 saturated heterocycles. The van der Waals surface area contributed by atoms with E-state index in [1.165, 1.54) is 11.8 Å². The molecule has 124 valence electrons. The summed E-state index contributed by atoms with van der Waals surface area (Å²) in [4.78, 5) is 26.5. The minimum atomic E-state index is -0.461. The van der Waals surface area contributed by atoms with E-state index in [2.05, 4.69) is 0 Å². The van der Waals surface area contributed by atoms with E-state index in [4.69, 9.17) is 15.2 Å². The van der Waals surface area contributed by atoms with Crippen molar-refractivity contribution in [3.05, 3.63) is 18.2 Å². The molecule has 6 nitrogen and oxygen atoms in total. The minimum Gasteiger partial charge on any atom is -0.486 e. The molecule has 2 N–H and O–H groups in total. The molecule has 0 aromatic heterocycles. The molecule has 0 aliphatic carbocycles. The Hall–Kier alpha value is -1.89. The van der Waals surface area contributed by atoms with Gasteiger partial charge in [0, 0.05) is 11.4 Å². The van der Waals surface area contributed by atoms with Gasteiger partial charge in [-0.25, -0.2) is 0 Å². The molecule has 3 rings (SSSR count). The number of nitrogens with zero attached hydrogens (tertiary/aromatic N) is 1. The normalized spacial score (nSPS) is 20.2. The number of carbonyl (C=O) groups excluding carboxylic acids is 2. The zero-order valence-electron chi connectivity index (χ0n) is 12.8. The molecule has 2 heterocycles. The van der Waals surface area contributed by atoms with Crippen LogP contribution in [0.5, 0.6) is 11.5 Å². The molecule has 0 spiro atoms. The molecule has 2 aliphatic rings. The fourth-order valence-electron chi connectivity index (χ4n) is 2.87. The summed E-state index contributed by atoms with van der Waals surface area (Å²) in [6.45, 7) is 1.70. The summed E-state index contributed by atoms with van der Waals surface area (Å²) in [5.41, 5.74) is 5.41. The second-order valence-electron chi connectivity index (χ2n) is 5.60. The highest BCUT2D eigenvalue weighted by atomic mass is 32.2. The van der Waals surface area contributed by atoms with Crippen LogP contribution < -0.4 is 15.2 Å². The summed E-state index contributed by atoms with van der Waals surface area (Å²) in [7, 11) is 0. The molecule has 0 saturated carbocycles. The number of rotatable bonds is 4. The SMILES string of the molecule is NC(=O)[C@H]1CCCCN1C(=O)CSc1ccc2c(c1)OCCO2. The molecule has 1 aromatic rings. The zero-order valence-corrected chi connectivity index (χ0v) is 13.6. The molecule has 1 fully saturated rings. The molecule has 2 aliphatic heterocycles. The Morgan fingerprint density at radius 1 is 1.22 bits per heavy atom. The topological polar surface area (TPSA) is 81.9 Å². The fraction of sp³-hybridized carbons (Fsp3) is 0.500. The first-order valence-electron chi connectivity index (χ1n) is 7.76. The Morgan fingerprint density at radius 2 is 2.00 bits per heavy atom. The van der Waals surface area contributed by atoms with Crippen molar-refractivity contribution in [2.24, 2.45) is 5.73 Å². The maximum absolute atomic E-state index is 12.4. The number of thioether (sulfide) groups is 1. The van der Waals surface area contributed by atoms with Gasteiger partial charge in [0.1, 0.15) is 19.3 Å². The lowest BCUT2D eigenvalue weighted by Crippen LogP contribution is -2.51. The summed E-state index contributed by atoms with van der Waals surface area (Å²) in [6, 6.07) is 5.19. The van der Waals surface area contributed by atoms with Crippen LogP contribution in [0.3, 0.4) is 0 Å². The van der Waals surface area contributed by atoms with Gasteiger partial charge in [0.25, 0.3) is 0 Å². The second-order valence-corrected chi connectivity index (χ2v) is 6.64. The van der Waals surface area contributed by atoms with E-state index in [0.29, 0.717) is 31.9 Å². The minimum absolute atomic E-state index is 0.0478. The molecule has 7 heteroatoms. The van der Waals surface area contributed by atoms with Crippen molar-refractivity contribution < 1.29 is 19.1 Å². The fourth-order valence-corrected chi connectivity index (χ4v) is 3.68. The molecule has 23 heavy (non-hydrogen) atoms. The summed E-state index contributed by atoms with van der Waals surface area (Å²) in [5, 5.41) is 0. The Balaban J connectivity index is 1.61. The van der Waals surface area contributed by atoms with Crippen molar-refractivity contribution in [3.8, 4) is 11.5 Å². The average molecular weight is 336 g/mol. The number of benzene rings is 1. The average Bonchev–Trinajstić information content (AvgIpc) is 2.59. The van der Waals surface area contributed by atoms with Crippen molar-refractivity contribution in [3.63, 3.8) is 0 Å². The van der Waals surface area contributed by atoms with E-state index < -0.39 is 11.9 Å². The highest BCUT2D eigenvalue weighted by molar-refractivity contribution is 8.00. The van der Waals surface area contributed by atoms with Crippen LogP contribution in [0.1, 0.15) is 19.3 Å². The van der Waals surface area contributed by atoms with E-state index in [0.717, 1.165) is 23.5 Å². The van der Waals surface area contributed by atoms with Crippen LogP contribution >= 0.6 is 11.8 Å². The van der Waals surface area contributed by atoms with Crippen LogP contribution in [0.2, 0.25) is 0 Å². The Labute approximate surface area is 139 Å². The molecular weight excluding hydrogens is 316 g/mol. The molecule has 1 atom stereocenters. The number of fused-ring (bicyclic) bond motifs is 1. The van der Waals surface area contributed by atoms with Gasteiger partial charge in [-0.15, -0.1) is 11.8 Å². The van der Waals surface area contributed by atoms with Crippen molar-refractivity contribution >= 4 is 23.6 Å². The monoisotopic (exact) mass is 336 g/mol. The Morgan fingerprint density at radius 3 is 2.78 bits per heavy atom. The number of piperidine rings is 1. The molecule has 0 bridgehead atoms. The number of amides is 2. The highest BCUT2D eigenvalue weighted by Crippen LogP contribution is 2.34. The Bertz CT molecular complexity index is 608. The second kappa shape index (κ2) is 7.12. The van der Waals surface area contributed by atoms with E-state index in [-0.39, 0.29) is 11.7 Å². The third-order valence-corrected chi connectivity index (χ3v) is 5.01. The van der Waals surface area contributed by atoms with Crippen LogP contribution in [0, 0.1) is 0 Å². The van der Waals surface area contributed by atoms with E-state index in [9.17, 15) is 9.59 Å². The van der Waals surface area contributed by atoms with Crippen molar-refractivity contribution in [1.29, 1.82) is 0 Å². The first-order valence-corrected chi connectivity index (χ1v) is 8.75. The quantitative estimate of drug-likeness (QED) is 0.841. The lowest BCUT2D eigenvalue weighted by molar-refractivity contribution is -0.138. The van der Waals surface area contributed by atoms with Gasteiger partial charge in [-0.05, 0) is 37.5 Å². The number of ether oxygens (including phenoxy) is 2. The number of nitrogens with two attached hydrogens (primary N) is 1. The lowest BCUT2D eigenvalue weighted by atomic mass is 10.0. The van der Waals surface area contributed by atoms with Gasteiger partial charge >= 0.3 is 0 Å². The van der Waals surface area contributed by atoms with Crippen LogP contribution in [0.15, 0.2) is 23.1 Å². The maximum atomic E-state index is 12.4. The van der Waals surface area contributed by atoms with Crippen LogP contribution in [0.25, 0.3) is 0 Å². The van der Waals surface area contributed by atoms with Gasteiger partial charge < -0.3 is 20.1 Å². The van der Waals surface area contributed by atoms with Crippen molar-refractivity contribution in [2.75, 3.05) is 25.5 Å². The van der Waals surface area contributed by atoms with Gasteiger partial charge in [0.15, 0.2) is 11.5 Å². The highest BCUT2D eigenvalue weighted by Gasteiger charge is 2.30. The predicted molar refractivity (Wildman–Crippen MR) is 86.7 cm³/mol. The van der Waals surface area contributed by atoms with Gasteiger partial charge in [0.05, 0.1) is 5.75 Å². The van der Waals surface area contributed by atoms with Gasteiger partial charge in [-0.3, -0.25) is 9.59 Å². The molecule has 1 aromatic carbocycles.